The minimum atomic E-state index is -4.60. The van der Waals surface area contributed by atoms with Gasteiger partial charge in [-0.25, -0.2) is 15.0 Å². The number of aromatic nitrogens is 4. The van der Waals surface area contributed by atoms with Gasteiger partial charge in [0.05, 0.1) is 17.2 Å². The third-order valence-corrected chi connectivity index (χ3v) is 6.18. The zero-order valence-corrected chi connectivity index (χ0v) is 18.0. The first kappa shape index (κ1) is 21.5. The van der Waals surface area contributed by atoms with Crippen molar-refractivity contribution in [2.75, 3.05) is 36.4 Å². The van der Waals surface area contributed by atoms with Gasteiger partial charge in [0.1, 0.15) is 17.0 Å². The average molecular weight is 456 g/mol. The van der Waals surface area contributed by atoms with E-state index in [1.807, 2.05) is 11.8 Å². The van der Waals surface area contributed by atoms with Crippen molar-refractivity contribution in [2.45, 2.75) is 32.0 Å². The molecule has 0 aliphatic carbocycles. The molecular weight excluding hydrogens is 433 g/mol. The predicted octanol–water partition coefficient (Wildman–Crippen LogP) is 3.55. The maximum absolute atomic E-state index is 13.8. The van der Waals surface area contributed by atoms with Gasteiger partial charge in [0.2, 0.25) is 5.95 Å². The van der Waals surface area contributed by atoms with E-state index in [0.29, 0.717) is 42.0 Å². The Morgan fingerprint density at radius 2 is 2.09 bits per heavy atom. The summed E-state index contributed by atoms with van der Waals surface area (Å²) in [5.74, 6) is 0.844. The van der Waals surface area contributed by atoms with Crippen LogP contribution in [-0.4, -0.2) is 52.2 Å². The highest BCUT2D eigenvalue weighted by Gasteiger charge is 2.40. The number of alkyl halides is 3. The van der Waals surface area contributed by atoms with Crippen molar-refractivity contribution in [3.8, 4) is 17.3 Å². The number of halogens is 3. The Morgan fingerprint density at radius 3 is 2.79 bits per heavy atom. The second kappa shape index (κ2) is 7.88. The summed E-state index contributed by atoms with van der Waals surface area (Å²) in [6.45, 7) is 4.64. The van der Waals surface area contributed by atoms with E-state index >= 15 is 0 Å². The number of fused-ring (bicyclic) bond motifs is 1. The highest BCUT2D eigenvalue weighted by atomic mass is 19.4. The molecule has 0 spiro atoms. The number of rotatable bonds is 4. The lowest BCUT2D eigenvalue weighted by atomic mass is 9.84. The Kier molecular flexibility index (Phi) is 5.12. The van der Waals surface area contributed by atoms with Crippen molar-refractivity contribution in [3.63, 3.8) is 0 Å². The van der Waals surface area contributed by atoms with Crippen molar-refractivity contribution in [3.05, 3.63) is 30.1 Å². The smallest absolute Gasteiger partial charge is 0.353 e. The van der Waals surface area contributed by atoms with Crippen molar-refractivity contribution < 1.29 is 13.2 Å². The quantitative estimate of drug-likeness (QED) is 0.551. The van der Waals surface area contributed by atoms with E-state index in [4.69, 9.17) is 0 Å². The Labute approximate surface area is 188 Å². The first-order valence-corrected chi connectivity index (χ1v) is 10.8. The van der Waals surface area contributed by atoms with Gasteiger partial charge in [0.25, 0.3) is 0 Å². The van der Waals surface area contributed by atoms with Crippen LogP contribution < -0.4 is 15.5 Å². The van der Waals surface area contributed by atoms with Crippen LogP contribution in [0.3, 0.4) is 0 Å². The number of anilines is 2. The van der Waals surface area contributed by atoms with Crippen molar-refractivity contribution in [1.82, 2.24) is 25.3 Å². The summed E-state index contributed by atoms with van der Waals surface area (Å²) in [7, 11) is 0. The first-order valence-electron chi connectivity index (χ1n) is 10.8. The van der Waals surface area contributed by atoms with Crippen LogP contribution in [0.1, 0.15) is 25.3 Å². The van der Waals surface area contributed by atoms with Gasteiger partial charge >= 0.3 is 6.18 Å². The highest BCUT2D eigenvalue weighted by Crippen LogP contribution is 2.39. The summed E-state index contributed by atoms with van der Waals surface area (Å²) in [6.07, 6.45) is -0.387. The summed E-state index contributed by atoms with van der Waals surface area (Å²) in [4.78, 5) is 17.7. The van der Waals surface area contributed by atoms with E-state index in [9.17, 15) is 18.4 Å². The number of hydrogen-bond donors (Lipinski definition) is 3. The molecule has 0 saturated carbocycles. The van der Waals surface area contributed by atoms with Crippen LogP contribution in [0.5, 0.6) is 0 Å². The molecule has 33 heavy (non-hydrogen) atoms. The highest BCUT2D eigenvalue weighted by molar-refractivity contribution is 5.94. The summed E-state index contributed by atoms with van der Waals surface area (Å²) in [5.41, 5.74) is -0.713. The van der Waals surface area contributed by atoms with Crippen molar-refractivity contribution in [1.29, 1.82) is 5.26 Å². The molecule has 0 aromatic carbocycles. The molecule has 0 radical (unpaired) electrons. The monoisotopic (exact) mass is 456 g/mol. The molecule has 3 N–H and O–H groups in total. The van der Waals surface area contributed by atoms with E-state index in [-0.39, 0.29) is 17.7 Å². The van der Waals surface area contributed by atoms with Gasteiger partial charge in [0, 0.05) is 49.0 Å². The number of nitriles is 1. The molecule has 3 aromatic heterocycles. The van der Waals surface area contributed by atoms with Gasteiger partial charge in [-0.2, -0.15) is 18.4 Å². The fourth-order valence-electron chi connectivity index (χ4n) is 4.42. The van der Waals surface area contributed by atoms with E-state index < -0.39 is 17.2 Å². The second-order valence-corrected chi connectivity index (χ2v) is 8.94. The topological polar surface area (TPSA) is 106 Å². The van der Waals surface area contributed by atoms with Crippen LogP contribution in [0, 0.1) is 16.7 Å². The first-order chi connectivity index (χ1) is 15.8. The fourth-order valence-corrected chi connectivity index (χ4v) is 4.42. The predicted molar refractivity (Wildman–Crippen MR) is 118 cm³/mol. The molecule has 1 atom stereocenters. The molecule has 11 heteroatoms. The van der Waals surface area contributed by atoms with Crippen LogP contribution >= 0.6 is 0 Å². The van der Waals surface area contributed by atoms with Gasteiger partial charge < -0.3 is 20.5 Å². The zero-order chi connectivity index (χ0) is 23.2. The fraction of sp³-hybridized carbons (Fsp3) is 0.455. The Hall–Kier alpha value is -3.39. The van der Waals surface area contributed by atoms with Crippen molar-refractivity contribution in [2.24, 2.45) is 5.41 Å². The van der Waals surface area contributed by atoms with Gasteiger partial charge in [-0.1, -0.05) is 0 Å². The number of hydrogen-bond acceptors (Lipinski definition) is 7. The van der Waals surface area contributed by atoms with Crippen molar-refractivity contribution >= 4 is 22.8 Å². The Morgan fingerprint density at radius 1 is 1.27 bits per heavy atom. The van der Waals surface area contributed by atoms with E-state index in [2.05, 4.69) is 36.6 Å². The van der Waals surface area contributed by atoms with Crippen LogP contribution in [-0.2, 0) is 6.18 Å². The maximum atomic E-state index is 13.8. The van der Waals surface area contributed by atoms with Gasteiger partial charge in [-0.15, -0.1) is 0 Å². The molecule has 5 heterocycles. The summed E-state index contributed by atoms with van der Waals surface area (Å²) in [6, 6.07) is 5.85. The number of piperidine rings is 1. The summed E-state index contributed by atoms with van der Waals surface area (Å²) < 4.78 is 41.4. The number of aromatic amines is 1. The molecule has 172 valence electrons. The average Bonchev–Trinajstić information content (AvgIpc) is 3.20. The number of pyridine rings is 1. The van der Waals surface area contributed by atoms with E-state index in [0.717, 1.165) is 25.6 Å². The van der Waals surface area contributed by atoms with Gasteiger partial charge in [0.15, 0.2) is 0 Å². The maximum Gasteiger partial charge on any atom is 0.419 e. The summed E-state index contributed by atoms with van der Waals surface area (Å²) >= 11 is 0. The standard InChI is InChI=1S/C22H23F3N8/c1-21(10-26)11-33(12-21)17-5-4-14-15(8-28-19(14)31-17)18-16(22(23,24)25)9-29-20(32-18)30-13-3-2-6-27-7-13/h4-5,8-9,13,27H,2-3,6-7,11-12H2,1H3,(H,28,31)(H,29,30,32)/t13-/m0/s1. The third kappa shape index (κ3) is 4.06. The third-order valence-electron chi connectivity index (χ3n) is 6.18. The number of nitrogens with one attached hydrogen (secondary N) is 3. The van der Waals surface area contributed by atoms with Gasteiger partial charge in [-0.05, 0) is 38.4 Å². The molecule has 0 unspecified atom stereocenters. The molecule has 2 aliphatic heterocycles. The molecule has 3 aromatic rings. The molecule has 5 rings (SSSR count). The van der Waals surface area contributed by atoms with Crippen LogP contribution in [0.2, 0.25) is 0 Å². The van der Waals surface area contributed by atoms with E-state index in [1.165, 1.54) is 6.20 Å². The lowest BCUT2D eigenvalue weighted by Gasteiger charge is -2.44. The van der Waals surface area contributed by atoms with Gasteiger partial charge in [-0.3, -0.25) is 0 Å². The zero-order valence-electron chi connectivity index (χ0n) is 18.0. The molecule has 0 amide bonds. The molecular formula is C22H23F3N8. The SMILES string of the molecule is CC1(C#N)CN(c2ccc3c(-c4nc(N[C@H]5CCCNC5)ncc4C(F)(F)F)c[nH]c3n2)C1. The molecule has 8 nitrogen and oxygen atoms in total. The van der Waals surface area contributed by atoms with Crippen LogP contribution in [0.4, 0.5) is 24.9 Å². The molecule has 2 fully saturated rings. The molecule has 2 saturated heterocycles. The summed E-state index contributed by atoms with van der Waals surface area (Å²) in [5, 5.41) is 16.2. The van der Waals surface area contributed by atoms with Crippen LogP contribution in [0.15, 0.2) is 24.5 Å². The number of H-pyrrole nitrogens is 1. The lowest BCUT2D eigenvalue weighted by Crippen LogP contribution is -2.54. The Bertz CT molecular complexity index is 1220. The van der Waals surface area contributed by atoms with Crippen LogP contribution in [0.25, 0.3) is 22.3 Å². The Balaban J connectivity index is 1.49. The number of nitrogens with zero attached hydrogens (tertiary/aromatic N) is 5. The second-order valence-electron chi connectivity index (χ2n) is 8.94. The lowest BCUT2D eigenvalue weighted by molar-refractivity contribution is -0.137. The molecule has 0 bridgehead atoms. The minimum Gasteiger partial charge on any atom is -0.353 e. The minimum absolute atomic E-state index is 0.0613. The normalized spacial score (nSPS) is 20.3. The van der Waals surface area contributed by atoms with E-state index in [1.54, 1.807) is 12.1 Å². The molecule has 2 aliphatic rings. The largest absolute Gasteiger partial charge is 0.419 e.